The number of carboxylic acid groups (broad SMARTS) is 1. The van der Waals surface area contributed by atoms with Crippen LogP contribution in [0.25, 0.3) is 0 Å². The summed E-state index contributed by atoms with van der Waals surface area (Å²) in [6.07, 6.45) is 2.59. The van der Waals surface area contributed by atoms with Crippen LogP contribution in [0.15, 0.2) is 36.5 Å². The van der Waals surface area contributed by atoms with Gasteiger partial charge in [-0.15, -0.1) is 0 Å². The average molecular weight is 1420 g/mol. The maximum Gasteiger partial charge on any atom is 0.335 e. The van der Waals surface area contributed by atoms with Crippen LogP contribution >= 0.6 is 0 Å². The number of aliphatic hydroxyl groups is 1. The number of benzene rings is 1. The molecule has 27 nitrogen and oxygen atoms in total. The minimum Gasteiger partial charge on any atom is -0.478 e. The second kappa shape index (κ2) is 41.2. The number of rotatable bonds is 23. The highest BCUT2D eigenvalue weighted by Crippen LogP contribution is 2.27. The Morgan fingerprint density at radius 3 is 1.39 bits per heavy atom. The Morgan fingerprint density at radius 2 is 0.901 bits per heavy atom. The lowest BCUT2D eigenvalue weighted by atomic mass is 9.90. The first kappa shape index (κ1) is 89.1. The van der Waals surface area contributed by atoms with Gasteiger partial charge in [0.1, 0.15) is 66.1 Å². The highest BCUT2D eigenvalue weighted by molar-refractivity contribution is 6.03. The minimum absolute atomic E-state index is 0.0622. The summed E-state index contributed by atoms with van der Waals surface area (Å²) in [5, 5.41) is 35.5. The van der Waals surface area contributed by atoms with Crippen molar-refractivity contribution in [1.29, 1.82) is 0 Å². The molecule has 1 aliphatic rings. The van der Waals surface area contributed by atoms with Crippen LogP contribution in [-0.2, 0) is 52.7 Å². The van der Waals surface area contributed by atoms with E-state index in [1.165, 1.54) is 107 Å². The van der Waals surface area contributed by atoms with Crippen LogP contribution in [0.5, 0.6) is 0 Å². The summed E-state index contributed by atoms with van der Waals surface area (Å²) in [7, 11) is 9.68. The fraction of sp³-hybridized carbons (Fsp3) is 0.716. The normalized spacial score (nSPS) is 24.3. The standard InChI is InChI=1S/C74H124N12O15/c1-25-53-69(95)80(18)50(17)68(94)81(19)55(38-42(4)5)65(91)79-58(45(10)11)72(98)82(20)54(37-41(2)3)64(90)76-48(15)62(88)77-49(16)67(93)83(21)56(39-43(6)7)70(96)84(22)57(40-44(8)9)71(97)85(23)59(46(12)13)73(99)86(24)60(66(92)78-53)61(87)47(14)31-29-27-26-28-30-36-75-63(89)51-32-34-52(35-33-51)74(100)101/h32-35,41-49,53-61,87H,17,25-31,36-40H2,1-16,18-24H3,(H,75,89)(H,76,90)(H,77,88)(H,78,92)(H,79,91)(H,100,101)/t47-,48-,49+,53+,54-,55+,56+,57+,58-,59+,60+,61-/m1/s1. The van der Waals surface area contributed by atoms with Gasteiger partial charge < -0.3 is 71.1 Å². The molecule has 0 spiro atoms. The van der Waals surface area contributed by atoms with E-state index in [1.807, 2.05) is 55.4 Å². The molecule has 12 atom stereocenters. The van der Waals surface area contributed by atoms with E-state index in [2.05, 4.69) is 33.2 Å². The van der Waals surface area contributed by atoms with E-state index in [1.54, 1.807) is 41.5 Å². The molecule has 1 saturated heterocycles. The maximum atomic E-state index is 15.5. The molecule has 2 rings (SSSR count). The molecular weight excluding hydrogens is 1300 g/mol. The van der Waals surface area contributed by atoms with Gasteiger partial charge in [-0.3, -0.25) is 57.5 Å². The van der Waals surface area contributed by atoms with Gasteiger partial charge in [-0.1, -0.05) is 129 Å². The van der Waals surface area contributed by atoms with Gasteiger partial charge in [-0.2, -0.15) is 0 Å². The van der Waals surface area contributed by atoms with Crippen LogP contribution in [0.1, 0.15) is 202 Å². The van der Waals surface area contributed by atoms with Crippen molar-refractivity contribution in [1.82, 2.24) is 60.9 Å². The van der Waals surface area contributed by atoms with Crippen molar-refractivity contribution in [3.63, 3.8) is 0 Å². The quantitative estimate of drug-likeness (QED) is 0.0541. The molecule has 27 heteroatoms. The van der Waals surface area contributed by atoms with E-state index >= 15 is 19.2 Å². The zero-order chi connectivity index (χ0) is 77.5. The summed E-state index contributed by atoms with van der Waals surface area (Å²) >= 11 is 0. The summed E-state index contributed by atoms with van der Waals surface area (Å²) in [6, 6.07) is -7.34. The smallest absolute Gasteiger partial charge is 0.335 e. The van der Waals surface area contributed by atoms with E-state index in [-0.39, 0.29) is 72.9 Å². The zero-order valence-corrected chi connectivity index (χ0v) is 64.7. The Hall–Kier alpha value is -7.97. The molecule has 1 fully saturated rings. The van der Waals surface area contributed by atoms with Gasteiger partial charge in [0.25, 0.3) is 11.8 Å². The van der Waals surface area contributed by atoms with Gasteiger partial charge in [-0.05, 0) is 124 Å². The molecule has 0 unspecified atom stereocenters. The van der Waals surface area contributed by atoms with Gasteiger partial charge in [0.15, 0.2) is 0 Å². The highest BCUT2D eigenvalue weighted by Gasteiger charge is 2.46. The maximum absolute atomic E-state index is 15.5. The molecule has 7 N–H and O–H groups in total. The Balaban J connectivity index is 2.88. The molecule has 0 bridgehead atoms. The number of aliphatic hydroxyl groups excluding tert-OH is 1. The Morgan fingerprint density at radius 1 is 0.475 bits per heavy atom. The molecule has 0 aliphatic carbocycles. The third-order valence-corrected chi connectivity index (χ3v) is 19.0. The number of hydrogen-bond donors (Lipinski definition) is 7. The van der Waals surface area contributed by atoms with Crippen molar-refractivity contribution >= 4 is 76.9 Å². The number of likely N-dealkylation sites (N-methyl/N-ethyl adjacent to an activating group) is 7. The number of carbonyl (C=O) groups excluding carboxylic acids is 12. The van der Waals surface area contributed by atoms with Gasteiger partial charge in [0.05, 0.1) is 11.7 Å². The van der Waals surface area contributed by atoms with Crippen molar-refractivity contribution in [2.45, 2.75) is 248 Å². The third-order valence-electron chi connectivity index (χ3n) is 19.0. The van der Waals surface area contributed by atoms with Crippen molar-refractivity contribution in [2.24, 2.45) is 41.4 Å². The molecule has 101 heavy (non-hydrogen) atoms. The lowest BCUT2D eigenvalue weighted by Crippen LogP contribution is -2.63. The van der Waals surface area contributed by atoms with Gasteiger partial charge >= 0.3 is 5.97 Å². The van der Waals surface area contributed by atoms with Crippen molar-refractivity contribution < 1.29 is 72.5 Å². The molecule has 12 amide bonds. The van der Waals surface area contributed by atoms with Crippen molar-refractivity contribution in [3.05, 3.63) is 47.7 Å². The summed E-state index contributed by atoms with van der Waals surface area (Å²) in [5.74, 6) is -12.1. The van der Waals surface area contributed by atoms with Crippen molar-refractivity contribution in [3.8, 4) is 0 Å². The first-order valence-electron chi connectivity index (χ1n) is 36.0. The lowest BCUT2D eigenvalue weighted by molar-refractivity contribution is -0.157. The number of unbranched alkanes of at least 4 members (excludes halogenated alkanes) is 4. The zero-order valence-electron chi connectivity index (χ0n) is 64.7. The van der Waals surface area contributed by atoms with E-state index in [4.69, 9.17) is 0 Å². The third kappa shape index (κ3) is 25.5. The van der Waals surface area contributed by atoms with E-state index in [9.17, 15) is 53.4 Å². The molecule has 1 aromatic rings. The molecular formula is C74H124N12O15. The number of aromatic carboxylic acids is 1. The molecule has 570 valence electrons. The Bertz CT molecular complexity index is 3030. The van der Waals surface area contributed by atoms with Gasteiger partial charge in [-0.25, -0.2) is 4.79 Å². The molecule has 0 saturated carbocycles. The Kier molecular flexibility index (Phi) is 36.4. The topological polar surface area (TPSA) is 345 Å². The minimum atomic E-state index is -1.70. The fourth-order valence-corrected chi connectivity index (χ4v) is 12.6. The molecule has 1 aromatic carbocycles. The van der Waals surface area contributed by atoms with E-state index in [0.717, 1.165) is 27.5 Å². The lowest BCUT2D eigenvalue weighted by Gasteiger charge is -2.41. The monoisotopic (exact) mass is 1420 g/mol. The second-order valence-corrected chi connectivity index (χ2v) is 30.0. The predicted molar refractivity (Wildman–Crippen MR) is 387 cm³/mol. The summed E-state index contributed by atoms with van der Waals surface area (Å²) in [5.41, 5.74) is 0.00108. The number of hydrogen-bond acceptors (Lipinski definition) is 14. The van der Waals surface area contributed by atoms with E-state index in [0.29, 0.717) is 37.8 Å². The summed E-state index contributed by atoms with van der Waals surface area (Å²) in [4.78, 5) is 195. The first-order chi connectivity index (χ1) is 46.9. The first-order valence-corrected chi connectivity index (χ1v) is 36.0. The van der Waals surface area contributed by atoms with Crippen LogP contribution in [0, 0.1) is 41.4 Å². The van der Waals surface area contributed by atoms with Crippen LogP contribution in [-0.4, -0.2) is 244 Å². The van der Waals surface area contributed by atoms with Crippen molar-refractivity contribution in [2.75, 3.05) is 55.9 Å². The fourth-order valence-electron chi connectivity index (χ4n) is 12.6. The van der Waals surface area contributed by atoms with Crippen LogP contribution in [0.2, 0.25) is 0 Å². The molecule has 0 radical (unpaired) electrons. The largest absolute Gasteiger partial charge is 0.478 e. The highest BCUT2D eigenvalue weighted by atomic mass is 16.4. The van der Waals surface area contributed by atoms with Crippen LogP contribution < -0.4 is 26.6 Å². The number of nitrogens with one attached hydrogen (secondary N) is 5. The second-order valence-electron chi connectivity index (χ2n) is 30.0. The number of carboxylic acids is 1. The number of carbonyl (C=O) groups is 13. The number of nitrogens with zero attached hydrogens (tertiary/aromatic N) is 7. The van der Waals surface area contributed by atoms with Gasteiger partial charge in [0, 0.05) is 61.4 Å². The predicted octanol–water partition coefficient (Wildman–Crippen LogP) is 5.29. The number of amides is 12. The Labute approximate surface area is 600 Å². The average Bonchev–Trinajstić information content (AvgIpc) is 0.805. The molecule has 0 aromatic heterocycles. The van der Waals surface area contributed by atoms with Gasteiger partial charge in [0.2, 0.25) is 59.1 Å². The van der Waals surface area contributed by atoms with Crippen LogP contribution in [0.3, 0.4) is 0 Å². The SMILES string of the molecule is C=C1C(=O)N(C)[C@@H](CC(C)C)C(=O)N[C@H](C(C)C)C(=O)N(C)[C@H](CC(C)C)C(=O)N[C@H](C)C(=O)N[C@@H](C)C(=O)N(C)[C@@H](CC(C)C)C(=O)N(C)[C@@H](CC(C)C)C(=O)N(C)[C@@H](C(C)C)C(=O)N(C)[C@@H]([C@H](O)[C@H](C)CCCCCCCNC(=O)c2ccc(C(=O)O)cc2)C(=O)N[C@@H](CC)C(=O)N1C. The van der Waals surface area contributed by atoms with E-state index < -0.39 is 155 Å². The molecule has 1 heterocycles. The summed E-state index contributed by atoms with van der Waals surface area (Å²) < 4.78 is 0. The molecule has 1 aliphatic heterocycles. The summed E-state index contributed by atoms with van der Waals surface area (Å²) in [6.45, 7) is 32.2. The van der Waals surface area contributed by atoms with Crippen LogP contribution in [0.4, 0.5) is 0 Å².